The van der Waals surface area contributed by atoms with Crippen LogP contribution in [0.3, 0.4) is 0 Å². The van der Waals surface area contributed by atoms with E-state index in [2.05, 4.69) is 17.4 Å². The molecule has 0 aromatic heterocycles. The van der Waals surface area contributed by atoms with Crippen LogP contribution in [0.5, 0.6) is 0 Å². The Kier molecular flexibility index (Phi) is 7.60. The third-order valence-electron chi connectivity index (χ3n) is 3.14. The largest absolute Gasteiger partial charge is 0.395 e. The van der Waals surface area contributed by atoms with Gasteiger partial charge in [-0.05, 0) is 31.6 Å². The van der Waals surface area contributed by atoms with Gasteiger partial charge in [0.05, 0.1) is 6.61 Å². The van der Waals surface area contributed by atoms with Crippen LogP contribution >= 0.6 is 11.8 Å². The first kappa shape index (κ1) is 16.1. The van der Waals surface area contributed by atoms with E-state index in [1.165, 1.54) is 5.56 Å². The molecule has 2 N–H and O–H groups in total. The quantitative estimate of drug-likeness (QED) is 0.768. The lowest BCUT2D eigenvalue weighted by molar-refractivity contribution is -0.121. The summed E-state index contributed by atoms with van der Waals surface area (Å²) in [6, 6.07) is 10.2. The Balaban J connectivity index is 2.24. The monoisotopic (exact) mass is 281 g/mol. The molecule has 0 saturated heterocycles. The number of aryl methyl sites for hydroxylation is 1. The second kappa shape index (κ2) is 8.99. The predicted molar refractivity (Wildman–Crippen MR) is 81.4 cm³/mol. The number of amides is 1. The van der Waals surface area contributed by atoms with Crippen LogP contribution in [0.4, 0.5) is 0 Å². The molecule has 0 fully saturated rings. The molecule has 2 unspecified atom stereocenters. The molecule has 1 aromatic carbocycles. The summed E-state index contributed by atoms with van der Waals surface area (Å²) in [5.74, 6) is 0.0657. The molecule has 0 aliphatic rings. The smallest absolute Gasteiger partial charge is 0.220 e. The first-order valence-corrected chi connectivity index (χ1v) is 7.93. The van der Waals surface area contributed by atoms with E-state index in [-0.39, 0.29) is 23.8 Å². The first-order chi connectivity index (χ1) is 9.17. The van der Waals surface area contributed by atoms with Gasteiger partial charge in [0.15, 0.2) is 0 Å². The van der Waals surface area contributed by atoms with Crippen LogP contribution in [0.1, 0.15) is 25.3 Å². The number of carbonyl (C=O) groups excluding carboxylic acids is 1. The Hall–Kier alpha value is -1.00. The molecule has 4 heteroatoms. The van der Waals surface area contributed by atoms with Crippen molar-refractivity contribution in [1.82, 2.24) is 5.32 Å². The second-order valence-corrected chi connectivity index (χ2v) is 5.73. The Morgan fingerprint density at radius 2 is 2.05 bits per heavy atom. The van der Waals surface area contributed by atoms with Crippen molar-refractivity contribution >= 4 is 17.7 Å². The Morgan fingerprint density at radius 3 is 2.63 bits per heavy atom. The molecule has 19 heavy (non-hydrogen) atoms. The molecule has 1 rings (SSSR count). The summed E-state index contributed by atoms with van der Waals surface area (Å²) in [5, 5.41) is 12.2. The van der Waals surface area contributed by atoms with Crippen LogP contribution in [-0.2, 0) is 11.2 Å². The van der Waals surface area contributed by atoms with E-state index in [0.717, 1.165) is 12.8 Å². The minimum absolute atomic E-state index is 0.00391. The lowest BCUT2D eigenvalue weighted by atomic mass is 10.1. The molecule has 0 saturated carbocycles. The molecule has 3 nitrogen and oxygen atoms in total. The Labute approximate surface area is 119 Å². The molecule has 0 aliphatic carbocycles. The highest BCUT2D eigenvalue weighted by Gasteiger charge is 2.16. The molecule has 106 valence electrons. The van der Waals surface area contributed by atoms with Crippen molar-refractivity contribution in [2.45, 2.75) is 37.5 Å². The molecule has 2 atom stereocenters. The Morgan fingerprint density at radius 1 is 1.37 bits per heavy atom. The van der Waals surface area contributed by atoms with Crippen LogP contribution in [0.15, 0.2) is 30.3 Å². The third-order valence-corrected chi connectivity index (χ3v) is 4.30. The molecule has 1 aromatic rings. The number of aliphatic hydroxyl groups is 1. The van der Waals surface area contributed by atoms with Gasteiger partial charge in [-0.15, -0.1) is 0 Å². The fraction of sp³-hybridized carbons (Fsp3) is 0.533. The highest BCUT2D eigenvalue weighted by Crippen LogP contribution is 2.11. The minimum Gasteiger partial charge on any atom is -0.395 e. The van der Waals surface area contributed by atoms with Gasteiger partial charge in [-0.25, -0.2) is 0 Å². The van der Waals surface area contributed by atoms with E-state index >= 15 is 0 Å². The number of rotatable bonds is 8. The van der Waals surface area contributed by atoms with Crippen molar-refractivity contribution in [3.05, 3.63) is 35.9 Å². The predicted octanol–water partition coefficient (Wildman–Crippen LogP) is 2.24. The first-order valence-electron chi connectivity index (χ1n) is 6.64. The molecular formula is C15H23NO2S. The second-order valence-electron chi connectivity index (χ2n) is 4.65. The van der Waals surface area contributed by atoms with E-state index in [1.54, 1.807) is 11.8 Å². The standard InChI is InChI=1S/C15H23NO2S/c1-12(14(11-17)19-2)16-15(18)10-6-9-13-7-4-3-5-8-13/h3-5,7-8,12,14,17H,6,9-11H2,1-2H3,(H,16,18). The van der Waals surface area contributed by atoms with Gasteiger partial charge >= 0.3 is 0 Å². The molecule has 0 radical (unpaired) electrons. The summed E-state index contributed by atoms with van der Waals surface area (Å²) in [4.78, 5) is 11.8. The summed E-state index contributed by atoms with van der Waals surface area (Å²) in [6.45, 7) is 2.03. The van der Waals surface area contributed by atoms with Gasteiger partial charge in [-0.1, -0.05) is 30.3 Å². The number of thioether (sulfide) groups is 1. The van der Waals surface area contributed by atoms with Gasteiger partial charge in [0, 0.05) is 17.7 Å². The molecular weight excluding hydrogens is 258 g/mol. The number of carbonyl (C=O) groups is 1. The van der Waals surface area contributed by atoms with Gasteiger partial charge in [-0.2, -0.15) is 11.8 Å². The summed E-state index contributed by atoms with van der Waals surface area (Å²) in [7, 11) is 0. The average Bonchev–Trinajstić information content (AvgIpc) is 2.41. The van der Waals surface area contributed by atoms with E-state index < -0.39 is 0 Å². The molecule has 0 aliphatic heterocycles. The van der Waals surface area contributed by atoms with E-state index in [9.17, 15) is 4.79 Å². The maximum atomic E-state index is 11.8. The van der Waals surface area contributed by atoms with Crippen molar-refractivity contribution < 1.29 is 9.90 Å². The zero-order valence-corrected chi connectivity index (χ0v) is 12.5. The molecule has 0 bridgehead atoms. The van der Waals surface area contributed by atoms with Gasteiger partial charge in [0.2, 0.25) is 5.91 Å². The van der Waals surface area contributed by atoms with Crippen LogP contribution in [-0.4, -0.2) is 35.2 Å². The fourth-order valence-electron chi connectivity index (χ4n) is 1.95. The number of hydrogen-bond acceptors (Lipinski definition) is 3. The van der Waals surface area contributed by atoms with Crippen LogP contribution in [0.25, 0.3) is 0 Å². The van der Waals surface area contributed by atoms with E-state index in [4.69, 9.17) is 5.11 Å². The average molecular weight is 281 g/mol. The van der Waals surface area contributed by atoms with Gasteiger partial charge in [-0.3, -0.25) is 4.79 Å². The maximum absolute atomic E-state index is 11.8. The van der Waals surface area contributed by atoms with Crippen molar-refractivity contribution in [3.8, 4) is 0 Å². The number of nitrogens with one attached hydrogen (secondary N) is 1. The summed E-state index contributed by atoms with van der Waals surface area (Å²) < 4.78 is 0. The molecule has 0 heterocycles. The summed E-state index contributed by atoms with van der Waals surface area (Å²) in [5.41, 5.74) is 1.26. The summed E-state index contributed by atoms with van der Waals surface area (Å²) >= 11 is 1.58. The lowest BCUT2D eigenvalue weighted by Gasteiger charge is -2.21. The third kappa shape index (κ3) is 6.12. The normalized spacial score (nSPS) is 13.8. The van der Waals surface area contributed by atoms with Crippen molar-refractivity contribution in [2.24, 2.45) is 0 Å². The number of hydrogen-bond donors (Lipinski definition) is 2. The van der Waals surface area contributed by atoms with Gasteiger partial charge < -0.3 is 10.4 Å². The zero-order chi connectivity index (χ0) is 14.1. The highest BCUT2D eigenvalue weighted by molar-refractivity contribution is 7.99. The van der Waals surface area contributed by atoms with Gasteiger partial charge in [0.25, 0.3) is 0 Å². The van der Waals surface area contributed by atoms with Crippen LogP contribution in [0, 0.1) is 0 Å². The SMILES string of the molecule is CSC(CO)C(C)NC(=O)CCCc1ccccc1. The van der Waals surface area contributed by atoms with Crippen LogP contribution in [0.2, 0.25) is 0 Å². The van der Waals surface area contributed by atoms with Crippen LogP contribution < -0.4 is 5.32 Å². The zero-order valence-electron chi connectivity index (χ0n) is 11.6. The lowest BCUT2D eigenvalue weighted by Crippen LogP contribution is -2.41. The van der Waals surface area contributed by atoms with E-state index in [0.29, 0.717) is 6.42 Å². The number of benzene rings is 1. The number of aliphatic hydroxyl groups excluding tert-OH is 1. The Bertz CT molecular complexity index is 366. The van der Waals surface area contributed by atoms with Crippen molar-refractivity contribution in [1.29, 1.82) is 0 Å². The van der Waals surface area contributed by atoms with Crippen molar-refractivity contribution in [2.75, 3.05) is 12.9 Å². The molecule has 0 spiro atoms. The highest BCUT2D eigenvalue weighted by atomic mass is 32.2. The topological polar surface area (TPSA) is 49.3 Å². The van der Waals surface area contributed by atoms with Gasteiger partial charge in [0.1, 0.15) is 0 Å². The van der Waals surface area contributed by atoms with Crippen molar-refractivity contribution in [3.63, 3.8) is 0 Å². The minimum atomic E-state index is 0.00391. The van der Waals surface area contributed by atoms with E-state index in [1.807, 2.05) is 31.4 Å². The molecule has 1 amide bonds. The maximum Gasteiger partial charge on any atom is 0.220 e. The summed E-state index contributed by atoms with van der Waals surface area (Å²) in [6.07, 6.45) is 4.25. The fourth-order valence-corrected chi connectivity index (χ4v) is 2.58.